The normalized spacial score (nSPS) is 16.8. The zero-order valence-corrected chi connectivity index (χ0v) is 10.9. The van der Waals surface area contributed by atoms with Crippen LogP contribution in [0.5, 0.6) is 0 Å². The molecule has 0 amide bonds. The molecule has 5 heteroatoms. The highest BCUT2D eigenvalue weighted by Crippen LogP contribution is 2.47. The zero-order valence-electron chi connectivity index (χ0n) is 10.1. The Morgan fingerprint density at radius 2 is 2.22 bits per heavy atom. The number of aromatic nitrogens is 2. The summed E-state index contributed by atoms with van der Waals surface area (Å²) in [5.74, 6) is 0.420. The lowest BCUT2D eigenvalue weighted by Gasteiger charge is -2.14. The zero-order chi connectivity index (χ0) is 12.6. The number of nitrogens with zero attached hydrogens (tertiary/aromatic N) is 2. The van der Waals surface area contributed by atoms with Crippen LogP contribution >= 0.6 is 11.8 Å². The van der Waals surface area contributed by atoms with Crippen LogP contribution in [0.1, 0.15) is 12.8 Å². The van der Waals surface area contributed by atoms with Crippen LogP contribution < -0.4 is 5.32 Å². The largest absolute Gasteiger partial charge is 0.368 e. The number of para-hydroxylation sites is 1. The topological polar surface area (TPSA) is 37.8 Å². The number of anilines is 1. The van der Waals surface area contributed by atoms with Gasteiger partial charge in [-0.3, -0.25) is 0 Å². The molecule has 1 aromatic heterocycles. The van der Waals surface area contributed by atoms with Crippen LogP contribution in [0.15, 0.2) is 24.5 Å². The second-order valence-electron chi connectivity index (χ2n) is 4.60. The molecular formula is C13H14FN3S. The second kappa shape index (κ2) is 4.39. The van der Waals surface area contributed by atoms with E-state index in [1.54, 1.807) is 6.07 Å². The average Bonchev–Trinajstić information content (AvgIpc) is 3.18. The standard InChI is InChI=1S/C13H14FN3S/c1-18-13(5-6-13)7-15-12-9-3-2-4-10(14)11(9)16-8-17-12/h2-4,8H,5-7H2,1H3,(H,15,16,17). The Bertz CT molecular complexity index is 583. The van der Waals surface area contributed by atoms with E-state index in [2.05, 4.69) is 21.5 Å². The first-order chi connectivity index (χ1) is 8.74. The number of nitrogens with one attached hydrogen (secondary N) is 1. The van der Waals surface area contributed by atoms with Gasteiger partial charge in [0.05, 0.1) is 0 Å². The summed E-state index contributed by atoms with van der Waals surface area (Å²) >= 11 is 1.89. The average molecular weight is 263 g/mol. The second-order valence-corrected chi connectivity index (χ2v) is 5.87. The summed E-state index contributed by atoms with van der Waals surface area (Å²) < 4.78 is 13.9. The summed E-state index contributed by atoms with van der Waals surface area (Å²) in [6, 6.07) is 4.95. The molecule has 1 N–H and O–H groups in total. The fourth-order valence-corrected chi connectivity index (χ4v) is 2.76. The maximum absolute atomic E-state index is 13.6. The van der Waals surface area contributed by atoms with Gasteiger partial charge in [-0.15, -0.1) is 0 Å². The molecule has 0 bridgehead atoms. The number of halogens is 1. The van der Waals surface area contributed by atoms with Gasteiger partial charge in [0, 0.05) is 16.7 Å². The highest BCUT2D eigenvalue weighted by molar-refractivity contribution is 8.00. The number of fused-ring (bicyclic) bond motifs is 1. The molecular weight excluding hydrogens is 249 g/mol. The van der Waals surface area contributed by atoms with Crippen molar-refractivity contribution in [3.8, 4) is 0 Å². The molecule has 1 saturated carbocycles. The third-order valence-electron chi connectivity index (χ3n) is 3.43. The van der Waals surface area contributed by atoms with Crippen molar-refractivity contribution < 1.29 is 4.39 Å². The minimum atomic E-state index is -0.302. The predicted octanol–water partition coefficient (Wildman–Crippen LogP) is 3.08. The Labute approximate surface area is 109 Å². The lowest BCUT2D eigenvalue weighted by molar-refractivity contribution is 0.636. The molecule has 1 heterocycles. The van der Waals surface area contributed by atoms with Crippen molar-refractivity contribution in [1.29, 1.82) is 0 Å². The first-order valence-corrected chi connectivity index (χ1v) is 7.15. The van der Waals surface area contributed by atoms with Gasteiger partial charge in [0.15, 0.2) is 0 Å². The molecule has 3 nitrogen and oxygen atoms in total. The third-order valence-corrected chi connectivity index (χ3v) is 4.85. The molecule has 94 valence electrons. The molecule has 18 heavy (non-hydrogen) atoms. The van der Waals surface area contributed by atoms with Gasteiger partial charge in [-0.2, -0.15) is 11.8 Å². The SMILES string of the molecule is CSC1(CNc2ncnc3c(F)cccc23)CC1. The van der Waals surface area contributed by atoms with Gasteiger partial charge < -0.3 is 5.32 Å². The van der Waals surface area contributed by atoms with Gasteiger partial charge in [0.25, 0.3) is 0 Å². The Morgan fingerprint density at radius 3 is 2.94 bits per heavy atom. The summed E-state index contributed by atoms with van der Waals surface area (Å²) in [7, 11) is 0. The highest BCUT2D eigenvalue weighted by Gasteiger charge is 2.41. The van der Waals surface area contributed by atoms with Gasteiger partial charge in [0.2, 0.25) is 0 Å². The minimum absolute atomic E-state index is 0.302. The van der Waals surface area contributed by atoms with E-state index in [-0.39, 0.29) is 5.82 Å². The van der Waals surface area contributed by atoms with Gasteiger partial charge >= 0.3 is 0 Å². The lowest BCUT2D eigenvalue weighted by Crippen LogP contribution is -2.18. The van der Waals surface area contributed by atoms with Crippen molar-refractivity contribution in [2.45, 2.75) is 17.6 Å². The van der Waals surface area contributed by atoms with Crippen molar-refractivity contribution in [2.75, 3.05) is 18.1 Å². The summed E-state index contributed by atoms with van der Waals surface area (Å²) in [6.07, 6.45) is 6.01. The molecule has 1 fully saturated rings. The minimum Gasteiger partial charge on any atom is -0.368 e. The highest BCUT2D eigenvalue weighted by atomic mass is 32.2. The Morgan fingerprint density at radius 1 is 1.39 bits per heavy atom. The Hall–Kier alpha value is -1.36. The summed E-state index contributed by atoms with van der Waals surface area (Å²) in [4.78, 5) is 8.21. The molecule has 3 rings (SSSR count). The molecule has 0 saturated heterocycles. The van der Waals surface area contributed by atoms with E-state index in [1.807, 2.05) is 17.8 Å². The molecule has 0 radical (unpaired) electrons. The quantitative estimate of drug-likeness (QED) is 0.920. The van der Waals surface area contributed by atoms with Gasteiger partial charge in [-0.1, -0.05) is 6.07 Å². The van der Waals surface area contributed by atoms with Gasteiger partial charge in [0.1, 0.15) is 23.5 Å². The number of benzene rings is 1. The fourth-order valence-electron chi connectivity index (χ4n) is 2.03. The predicted molar refractivity (Wildman–Crippen MR) is 73.5 cm³/mol. The molecule has 0 spiro atoms. The van der Waals surface area contributed by atoms with Crippen LogP contribution in [0.3, 0.4) is 0 Å². The van der Waals surface area contributed by atoms with E-state index in [0.717, 1.165) is 17.7 Å². The van der Waals surface area contributed by atoms with Crippen LogP contribution in [-0.4, -0.2) is 27.5 Å². The van der Waals surface area contributed by atoms with E-state index in [1.165, 1.54) is 25.2 Å². The molecule has 2 aromatic rings. The van der Waals surface area contributed by atoms with E-state index < -0.39 is 0 Å². The Kier molecular flexibility index (Phi) is 2.86. The van der Waals surface area contributed by atoms with E-state index in [4.69, 9.17) is 0 Å². The molecule has 1 aliphatic carbocycles. The smallest absolute Gasteiger partial charge is 0.149 e. The monoisotopic (exact) mass is 263 g/mol. The molecule has 0 unspecified atom stereocenters. The van der Waals surface area contributed by atoms with E-state index in [9.17, 15) is 4.39 Å². The van der Waals surface area contributed by atoms with Crippen molar-refractivity contribution in [3.05, 3.63) is 30.3 Å². The first kappa shape index (κ1) is 11.7. The summed E-state index contributed by atoms with van der Waals surface area (Å²) in [5.41, 5.74) is 0.379. The molecule has 0 atom stereocenters. The van der Waals surface area contributed by atoms with Crippen LogP contribution in [0.4, 0.5) is 10.2 Å². The fraction of sp³-hybridized carbons (Fsp3) is 0.385. The van der Waals surface area contributed by atoms with Gasteiger partial charge in [-0.25, -0.2) is 14.4 Å². The summed E-state index contributed by atoms with van der Waals surface area (Å²) in [5, 5.41) is 4.07. The lowest BCUT2D eigenvalue weighted by atomic mass is 10.2. The van der Waals surface area contributed by atoms with E-state index in [0.29, 0.717) is 10.3 Å². The number of thioether (sulfide) groups is 1. The maximum Gasteiger partial charge on any atom is 0.149 e. The van der Waals surface area contributed by atoms with Crippen LogP contribution in [0.25, 0.3) is 10.9 Å². The summed E-state index contributed by atoms with van der Waals surface area (Å²) in [6.45, 7) is 0.872. The van der Waals surface area contributed by atoms with Crippen LogP contribution in [0, 0.1) is 5.82 Å². The van der Waals surface area contributed by atoms with Crippen molar-refractivity contribution >= 4 is 28.5 Å². The third kappa shape index (κ3) is 2.03. The van der Waals surface area contributed by atoms with E-state index >= 15 is 0 Å². The number of hydrogen-bond donors (Lipinski definition) is 1. The Balaban J connectivity index is 1.90. The van der Waals surface area contributed by atoms with Crippen LogP contribution in [0.2, 0.25) is 0 Å². The number of hydrogen-bond acceptors (Lipinski definition) is 4. The number of rotatable bonds is 4. The van der Waals surface area contributed by atoms with Crippen molar-refractivity contribution in [1.82, 2.24) is 9.97 Å². The molecule has 1 aromatic carbocycles. The first-order valence-electron chi connectivity index (χ1n) is 5.92. The van der Waals surface area contributed by atoms with Crippen LogP contribution in [-0.2, 0) is 0 Å². The molecule has 1 aliphatic rings. The maximum atomic E-state index is 13.6. The van der Waals surface area contributed by atoms with Crippen molar-refractivity contribution in [3.63, 3.8) is 0 Å². The van der Waals surface area contributed by atoms with Gasteiger partial charge in [-0.05, 0) is 31.2 Å². The van der Waals surface area contributed by atoms with Crippen molar-refractivity contribution in [2.24, 2.45) is 0 Å². The molecule has 0 aliphatic heterocycles.